The Hall–Kier alpha value is -1.74. The Kier molecular flexibility index (Phi) is 4.30. The molecular formula is C18H24N2O. The molecule has 0 radical (unpaired) electrons. The predicted octanol–water partition coefficient (Wildman–Crippen LogP) is 3.87. The van der Waals surface area contributed by atoms with Crippen LogP contribution in [0.2, 0.25) is 0 Å². The second-order valence-corrected chi connectivity index (χ2v) is 5.84. The molecule has 3 heteroatoms. The van der Waals surface area contributed by atoms with Crippen LogP contribution in [0.25, 0.3) is 0 Å². The number of hydrogen-bond donors (Lipinski definition) is 1. The highest BCUT2D eigenvalue weighted by Gasteiger charge is 2.30. The van der Waals surface area contributed by atoms with Gasteiger partial charge in [-0.1, -0.05) is 19.1 Å². The molecule has 0 amide bonds. The molecule has 0 atom stereocenters. The lowest BCUT2D eigenvalue weighted by Crippen LogP contribution is -2.25. The maximum absolute atomic E-state index is 5.53. The summed E-state index contributed by atoms with van der Waals surface area (Å²) >= 11 is 0. The summed E-state index contributed by atoms with van der Waals surface area (Å²) in [6, 6.07) is 11.5. The third-order valence-corrected chi connectivity index (χ3v) is 4.04. The molecule has 0 spiro atoms. The molecule has 1 fully saturated rings. The number of nitrogens with zero attached hydrogens (tertiary/aromatic N) is 1. The van der Waals surface area contributed by atoms with Crippen LogP contribution in [-0.4, -0.2) is 12.6 Å². The minimum atomic E-state index is 0.674. The number of anilines is 1. The minimum Gasteiger partial charge on any atom is -0.467 e. The summed E-state index contributed by atoms with van der Waals surface area (Å²) in [6.45, 7) is 7.17. The molecule has 1 heterocycles. The van der Waals surface area contributed by atoms with Crippen molar-refractivity contribution in [2.24, 2.45) is 0 Å². The Balaban J connectivity index is 1.79. The Bertz CT molecular complexity index is 573. The topological polar surface area (TPSA) is 28.4 Å². The average Bonchev–Trinajstić information content (AvgIpc) is 3.20. The highest BCUT2D eigenvalue weighted by Crippen LogP contribution is 2.35. The van der Waals surface area contributed by atoms with Gasteiger partial charge in [-0.2, -0.15) is 0 Å². The van der Waals surface area contributed by atoms with Gasteiger partial charge in [0.15, 0.2) is 0 Å². The normalized spacial score (nSPS) is 14.4. The standard InChI is InChI=1S/C18H24N2O/c1-3-19-12-15-6-9-18(14(2)11-15)20(16-7-8-16)13-17-5-4-10-21-17/h4-6,9-11,16,19H,3,7-8,12-13H2,1-2H3. The number of benzene rings is 1. The van der Waals surface area contributed by atoms with Gasteiger partial charge in [0, 0.05) is 18.3 Å². The molecule has 21 heavy (non-hydrogen) atoms. The van der Waals surface area contributed by atoms with Gasteiger partial charge in [-0.3, -0.25) is 0 Å². The second kappa shape index (κ2) is 6.35. The van der Waals surface area contributed by atoms with Crippen molar-refractivity contribution in [1.82, 2.24) is 5.32 Å². The first kappa shape index (κ1) is 14.2. The first-order valence-electron chi connectivity index (χ1n) is 7.87. The molecule has 1 saturated carbocycles. The molecule has 0 saturated heterocycles. The van der Waals surface area contributed by atoms with Crippen LogP contribution in [0.4, 0.5) is 5.69 Å². The molecule has 1 aliphatic carbocycles. The predicted molar refractivity (Wildman–Crippen MR) is 86.5 cm³/mol. The van der Waals surface area contributed by atoms with Crippen LogP contribution in [0.5, 0.6) is 0 Å². The largest absolute Gasteiger partial charge is 0.467 e. The van der Waals surface area contributed by atoms with Crippen molar-refractivity contribution in [3.8, 4) is 0 Å². The van der Waals surface area contributed by atoms with Gasteiger partial charge in [0.25, 0.3) is 0 Å². The fraction of sp³-hybridized carbons (Fsp3) is 0.444. The van der Waals surface area contributed by atoms with Gasteiger partial charge in [-0.15, -0.1) is 0 Å². The highest BCUT2D eigenvalue weighted by molar-refractivity contribution is 5.56. The molecule has 0 bridgehead atoms. The van der Waals surface area contributed by atoms with Crippen LogP contribution in [0, 0.1) is 6.92 Å². The number of rotatable bonds is 7. The summed E-state index contributed by atoms with van der Waals surface area (Å²) in [4.78, 5) is 2.49. The molecule has 112 valence electrons. The first-order valence-corrected chi connectivity index (χ1v) is 7.87. The highest BCUT2D eigenvalue weighted by atomic mass is 16.3. The van der Waals surface area contributed by atoms with E-state index in [2.05, 4.69) is 48.3 Å². The summed E-state index contributed by atoms with van der Waals surface area (Å²) < 4.78 is 5.53. The van der Waals surface area contributed by atoms with E-state index < -0.39 is 0 Å². The lowest BCUT2D eigenvalue weighted by Gasteiger charge is -2.26. The number of nitrogens with one attached hydrogen (secondary N) is 1. The Morgan fingerprint density at radius 2 is 2.14 bits per heavy atom. The third-order valence-electron chi connectivity index (χ3n) is 4.04. The maximum atomic E-state index is 5.53. The summed E-state index contributed by atoms with van der Waals surface area (Å²) in [7, 11) is 0. The fourth-order valence-corrected chi connectivity index (χ4v) is 2.79. The van der Waals surface area contributed by atoms with Crippen molar-refractivity contribution in [1.29, 1.82) is 0 Å². The Morgan fingerprint density at radius 1 is 1.29 bits per heavy atom. The quantitative estimate of drug-likeness (QED) is 0.836. The van der Waals surface area contributed by atoms with Crippen LogP contribution < -0.4 is 10.2 Å². The van der Waals surface area contributed by atoms with E-state index in [0.29, 0.717) is 6.04 Å². The van der Waals surface area contributed by atoms with E-state index in [-0.39, 0.29) is 0 Å². The zero-order valence-corrected chi connectivity index (χ0v) is 12.9. The first-order chi connectivity index (χ1) is 10.3. The van der Waals surface area contributed by atoms with E-state index in [1.54, 1.807) is 6.26 Å². The Labute approximate surface area is 127 Å². The molecule has 0 aliphatic heterocycles. The van der Waals surface area contributed by atoms with Gasteiger partial charge < -0.3 is 14.6 Å². The van der Waals surface area contributed by atoms with E-state index in [0.717, 1.165) is 25.4 Å². The van der Waals surface area contributed by atoms with Crippen LogP contribution in [0.15, 0.2) is 41.0 Å². The molecule has 3 rings (SSSR count). The van der Waals surface area contributed by atoms with Crippen molar-refractivity contribution in [3.63, 3.8) is 0 Å². The molecular weight excluding hydrogens is 260 g/mol. The summed E-state index contributed by atoms with van der Waals surface area (Å²) in [6.07, 6.45) is 4.34. The van der Waals surface area contributed by atoms with E-state index in [1.807, 2.05) is 6.07 Å². The van der Waals surface area contributed by atoms with Gasteiger partial charge in [-0.05, 0) is 55.6 Å². The average molecular weight is 284 g/mol. The molecule has 1 aromatic carbocycles. The number of furan rings is 1. The van der Waals surface area contributed by atoms with Crippen LogP contribution in [0.1, 0.15) is 36.7 Å². The van der Waals surface area contributed by atoms with Gasteiger partial charge in [-0.25, -0.2) is 0 Å². The Morgan fingerprint density at radius 3 is 2.76 bits per heavy atom. The smallest absolute Gasteiger partial charge is 0.123 e. The molecule has 1 aromatic heterocycles. The molecule has 1 aliphatic rings. The maximum Gasteiger partial charge on any atom is 0.123 e. The lowest BCUT2D eigenvalue weighted by molar-refractivity contribution is 0.501. The molecule has 2 aromatic rings. The van der Waals surface area contributed by atoms with Crippen molar-refractivity contribution in [3.05, 3.63) is 53.5 Å². The molecule has 3 nitrogen and oxygen atoms in total. The SMILES string of the molecule is CCNCc1ccc(N(Cc2ccco2)C2CC2)c(C)c1. The summed E-state index contributed by atoms with van der Waals surface area (Å²) in [5.74, 6) is 1.04. The van der Waals surface area contributed by atoms with Crippen molar-refractivity contribution in [2.75, 3.05) is 11.4 Å². The van der Waals surface area contributed by atoms with Gasteiger partial charge in [0.05, 0.1) is 12.8 Å². The lowest BCUT2D eigenvalue weighted by atomic mass is 10.1. The van der Waals surface area contributed by atoms with E-state index in [1.165, 1.54) is 29.7 Å². The van der Waals surface area contributed by atoms with Gasteiger partial charge in [0.1, 0.15) is 5.76 Å². The van der Waals surface area contributed by atoms with Gasteiger partial charge >= 0.3 is 0 Å². The molecule has 1 N–H and O–H groups in total. The third kappa shape index (κ3) is 3.48. The monoisotopic (exact) mass is 284 g/mol. The van der Waals surface area contributed by atoms with Crippen molar-refractivity contribution in [2.45, 2.75) is 45.8 Å². The van der Waals surface area contributed by atoms with Crippen LogP contribution in [-0.2, 0) is 13.1 Å². The van der Waals surface area contributed by atoms with E-state index in [4.69, 9.17) is 4.42 Å². The van der Waals surface area contributed by atoms with E-state index >= 15 is 0 Å². The van der Waals surface area contributed by atoms with Gasteiger partial charge in [0.2, 0.25) is 0 Å². The summed E-state index contributed by atoms with van der Waals surface area (Å²) in [5, 5.41) is 3.38. The number of hydrogen-bond acceptors (Lipinski definition) is 3. The second-order valence-electron chi connectivity index (χ2n) is 5.84. The zero-order valence-electron chi connectivity index (χ0n) is 12.9. The number of aryl methyl sites for hydroxylation is 1. The minimum absolute atomic E-state index is 0.674. The van der Waals surface area contributed by atoms with Crippen molar-refractivity contribution >= 4 is 5.69 Å². The zero-order chi connectivity index (χ0) is 14.7. The van der Waals surface area contributed by atoms with E-state index in [9.17, 15) is 0 Å². The molecule has 0 unspecified atom stereocenters. The van der Waals surface area contributed by atoms with Crippen LogP contribution >= 0.6 is 0 Å². The van der Waals surface area contributed by atoms with Crippen LogP contribution in [0.3, 0.4) is 0 Å². The van der Waals surface area contributed by atoms with Crippen molar-refractivity contribution < 1.29 is 4.42 Å². The fourth-order valence-electron chi connectivity index (χ4n) is 2.79. The summed E-state index contributed by atoms with van der Waals surface area (Å²) in [5.41, 5.74) is 4.05.